The summed E-state index contributed by atoms with van der Waals surface area (Å²) in [7, 11) is 1.74. The minimum Gasteiger partial charge on any atom is -0.496 e. The second-order valence-corrected chi connectivity index (χ2v) is 5.63. The lowest BCUT2D eigenvalue weighted by molar-refractivity contribution is 0.416. The largest absolute Gasteiger partial charge is 0.496 e. The van der Waals surface area contributed by atoms with Crippen LogP contribution in [0.3, 0.4) is 0 Å². The van der Waals surface area contributed by atoms with Crippen LogP contribution in [0.15, 0.2) is 36.4 Å². The summed E-state index contributed by atoms with van der Waals surface area (Å²) in [6.45, 7) is 5.33. The van der Waals surface area contributed by atoms with E-state index in [1.807, 2.05) is 0 Å². The summed E-state index contributed by atoms with van der Waals surface area (Å²) >= 11 is 0. The van der Waals surface area contributed by atoms with Gasteiger partial charge in [-0.15, -0.1) is 0 Å². The molecule has 1 heterocycles. The smallest absolute Gasteiger partial charge is 0.126 e. The highest BCUT2D eigenvalue weighted by Crippen LogP contribution is 2.36. The molecule has 1 unspecified atom stereocenters. The van der Waals surface area contributed by atoms with Crippen molar-refractivity contribution >= 4 is 0 Å². The van der Waals surface area contributed by atoms with Gasteiger partial charge >= 0.3 is 0 Å². The van der Waals surface area contributed by atoms with Crippen molar-refractivity contribution in [2.24, 2.45) is 0 Å². The molecule has 0 saturated carbocycles. The van der Waals surface area contributed by atoms with E-state index in [9.17, 15) is 0 Å². The van der Waals surface area contributed by atoms with Crippen molar-refractivity contribution in [3.63, 3.8) is 0 Å². The molecule has 0 saturated heterocycles. The Balaban J connectivity index is 2.18. The van der Waals surface area contributed by atoms with Gasteiger partial charge in [-0.2, -0.15) is 0 Å². The maximum atomic E-state index is 5.56. The summed E-state index contributed by atoms with van der Waals surface area (Å²) in [5.41, 5.74) is 6.65. The van der Waals surface area contributed by atoms with Crippen LogP contribution in [0.25, 0.3) is 11.1 Å². The van der Waals surface area contributed by atoms with Gasteiger partial charge in [0.25, 0.3) is 0 Å². The molecule has 0 spiro atoms. The fourth-order valence-corrected chi connectivity index (χ4v) is 2.99. The van der Waals surface area contributed by atoms with E-state index in [1.54, 1.807) is 7.11 Å². The van der Waals surface area contributed by atoms with Crippen LogP contribution < -0.4 is 10.1 Å². The number of ether oxygens (including phenoxy) is 1. The zero-order valence-corrected chi connectivity index (χ0v) is 12.4. The molecule has 0 aromatic heterocycles. The van der Waals surface area contributed by atoms with Gasteiger partial charge in [-0.1, -0.05) is 29.8 Å². The molecular weight excluding hydrogens is 246 g/mol. The number of aryl methyl sites for hydroxylation is 1. The van der Waals surface area contributed by atoms with Gasteiger partial charge in [0.05, 0.1) is 7.11 Å². The van der Waals surface area contributed by atoms with Crippen molar-refractivity contribution in [2.75, 3.05) is 7.11 Å². The van der Waals surface area contributed by atoms with E-state index in [4.69, 9.17) is 4.74 Å². The van der Waals surface area contributed by atoms with Gasteiger partial charge in [0.15, 0.2) is 0 Å². The molecule has 20 heavy (non-hydrogen) atoms. The van der Waals surface area contributed by atoms with E-state index in [1.165, 1.54) is 27.8 Å². The quantitative estimate of drug-likeness (QED) is 0.895. The van der Waals surface area contributed by atoms with Gasteiger partial charge in [-0.05, 0) is 49.1 Å². The Kier molecular flexibility index (Phi) is 3.49. The van der Waals surface area contributed by atoms with Crippen LogP contribution in [0, 0.1) is 6.92 Å². The van der Waals surface area contributed by atoms with Crippen LogP contribution in [0.2, 0.25) is 0 Å². The van der Waals surface area contributed by atoms with E-state index >= 15 is 0 Å². The van der Waals surface area contributed by atoms with Crippen molar-refractivity contribution in [2.45, 2.75) is 32.9 Å². The average Bonchev–Trinajstić information content (AvgIpc) is 2.46. The lowest BCUT2D eigenvalue weighted by Crippen LogP contribution is -2.33. The number of benzene rings is 2. The highest BCUT2D eigenvalue weighted by Gasteiger charge is 2.19. The van der Waals surface area contributed by atoms with Crippen LogP contribution in [0.4, 0.5) is 0 Å². The molecule has 0 amide bonds. The van der Waals surface area contributed by atoms with Gasteiger partial charge < -0.3 is 10.1 Å². The Bertz CT molecular complexity index is 633. The van der Waals surface area contributed by atoms with Crippen LogP contribution >= 0.6 is 0 Å². The maximum Gasteiger partial charge on any atom is 0.126 e. The lowest BCUT2D eigenvalue weighted by Gasteiger charge is -2.26. The summed E-state index contributed by atoms with van der Waals surface area (Å²) in [6, 6.07) is 13.5. The molecule has 2 nitrogen and oxygen atoms in total. The van der Waals surface area contributed by atoms with Gasteiger partial charge in [0.1, 0.15) is 5.75 Å². The Hall–Kier alpha value is -1.80. The third-order valence-corrected chi connectivity index (χ3v) is 4.07. The van der Waals surface area contributed by atoms with E-state index in [0.717, 1.165) is 18.7 Å². The highest BCUT2D eigenvalue weighted by molar-refractivity contribution is 5.75. The van der Waals surface area contributed by atoms with E-state index in [2.05, 4.69) is 55.6 Å². The Morgan fingerprint density at radius 2 is 2.00 bits per heavy atom. The number of hydrogen-bond acceptors (Lipinski definition) is 2. The molecule has 1 atom stereocenters. The molecule has 2 heteroatoms. The van der Waals surface area contributed by atoms with Crippen LogP contribution in [-0.2, 0) is 13.0 Å². The molecule has 0 aliphatic carbocycles. The van der Waals surface area contributed by atoms with Crippen molar-refractivity contribution in [1.82, 2.24) is 5.32 Å². The van der Waals surface area contributed by atoms with Crippen LogP contribution in [0.5, 0.6) is 5.75 Å². The minimum atomic E-state index is 0.527. The Morgan fingerprint density at radius 1 is 1.15 bits per heavy atom. The first-order valence-electron chi connectivity index (χ1n) is 7.18. The third kappa shape index (κ3) is 2.32. The number of fused-ring (bicyclic) bond motifs is 1. The highest BCUT2D eigenvalue weighted by atomic mass is 16.5. The van der Waals surface area contributed by atoms with E-state index in [0.29, 0.717) is 6.04 Å². The number of hydrogen-bond donors (Lipinski definition) is 1. The number of methoxy groups -OCH3 is 1. The summed E-state index contributed by atoms with van der Waals surface area (Å²) in [4.78, 5) is 0. The SMILES string of the molecule is COc1ccc(C)cc1-c1cccc2c1CC(C)NC2. The fourth-order valence-electron chi connectivity index (χ4n) is 2.99. The molecule has 3 rings (SSSR count). The van der Waals surface area contributed by atoms with Crippen molar-refractivity contribution in [3.05, 3.63) is 53.1 Å². The Labute approximate surface area is 120 Å². The molecule has 2 aromatic carbocycles. The summed E-state index contributed by atoms with van der Waals surface area (Å²) in [5.74, 6) is 0.954. The van der Waals surface area contributed by atoms with Gasteiger partial charge in [0, 0.05) is 18.2 Å². The summed E-state index contributed by atoms with van der Waals surface area (Å²) < 4.78 is 5.56. The third-order valence-electron chi connectivity index (χ3n) is 4.07. The molecule has 1 aliphatic rings. The average molecular weight is 267 g/mol. The molecular formula is C18H21NO. The minimum absolute atomic E-state index is 0.527. The fraction of sp³-hybridized carbons (Fsp3) is 0.333. The van der Waals surface area contributed by atoms with E-state index < -0.39 is 0 Å². The summed E-state index contributed by atoms with van der Waals surface area (Å²) in [6.07, 6.45) is 1.07. The predicted octanol–water partition coefficient (Wildman–Crippen LogP) is 3.70. The monoisotopic (exact) mass is 267 g/mol. The maximum absolute atomic E-state index is 5.56. The molecule has 0 fully saturated rings. The molecule has 1 N–H and O–H groups in total. The van der Waals surface area contributed by atoms with Crippen molar-refractivity contribution in [3.8, 4) is 16.9 Å². The predicted molar refractivity (Wildman–Crippen MR) is 83.2 cm³/mol. The molecule has 0 radical (unpaired) electrons. The molecule has 104 valence electrons. The van der Waals surface area contributed by atoms with Crippen molar-refractivity contribution in [1.29, 1.82) is 0 Å². The molecule has 2 aromatic rings. The second kappa shape index (κ2) is 5.29. The van der Waals surface area contributed by atoms with Gasteiger partial charge in [-0.25, -0.2) is 0 Å². The van der Waals surface area contributed by atoms with Gasteiger partial charge in [0.2, 0.25) is 0 Å². The molecule has 1 aliphatic heterocycles. The number of nitrogens with one attached hydrogen (secondary N) is 1. The summed E-state index contributed by atoms with van der Waals surface area (Å²) in [5, 5.41) is 3.53. The zero-order chi connectivity index (χ0) is 14.1. The number of rotatable bonds is 2. The zero-order valence-electron chi connectivity index (χ0n) is 12.4. The normalized spacial score (nSPS) is 17.6. The Morgan fingerprint density at radius 3 is 2.80 bits per heavy atom. The van der Waals surface area contributed by atoms with E-state index in [-0.39, 0.29) is 0 Å². The first-order valence-corrected chi connectivity index (χ1v) is 7.18. The first-order chi connectivity index (χ1) is 9.69. The van der Waals surface area contributed by atoms with Crippen LogP contribution in [-0.4, -0.2) is 13.2 Å². The van der Waals surface area contributed by atoms with Crippen LogP contribution in [0.1, 0.15) is 23.6 Å². The first kappa shape index (κ1) is 13.2. The lowest BCUT2D eigenvalue weighted by atomic mass is 9.88. The standard InChI is InChI=1S/C18H21NO/c1-12-7-8-18(20-3)17(9-12)15-6-4-5-14-11-19-13(2)10-16(14)15/h4-9,13,19H,10-11H2,1-3H3. The van der Waals surface area contributed by atoms with Crippen molar-refractivity contribution < 1.29 is 4.74 Å². The topological polar surface area (TPSA) is 21.3 Å². The second-order valence-electron chi connectivity index (χ2n) is 5.63. The van der Waals surface area contributed by atoms with Gasteiger partial charge in [-0.3, -0.25) is 0 Å². The molecule has 0 bridgehead atoms.